The lowest BCUT2D eigenvalue weighted by Gasteiger charge is -2.14. The fourth-order valence-electron chi connectivity index (χ4n) is 1.13. The first-order chi connectivity index (χ1) is 8.04. The molecule has 1 amide bonds. The standard InChI is InChI=1S/C11H18N2O3S/c1-7(2)9(14)4-12-11(15)8-6-17-10(13-8)5-16-3/h6-7,9,14H,4-5H2,1-3H3,(H,12,15). The Morgan fingerprint density at radius 2 is 2.35 bits per heavy atom. The van der Waals surface area contributed by atoms with Crippen molar-refractivity contribution in [3.8, 4) is 0 Å². The number of hydrogen-bond donors (Lipinski definition) is 2. The molecule has 6 heteroatoms. The van der Waals surface area contributed by atoms with Gasteiger partial charge >= 0.3 is 0 Å². The van der Waals surface area contributed by atoms with Crippen LogP contribution in [0, 0.1) is 5.92 Å². The van der Waals surface area contributed by atoms with Gasteiger partial charge in [-0.1, -0.05) is 13.8 Å². The fraction of sp³-hybridized carbons (Fsp3) is 0.636. The third-order valence-electron chi connectivity index (χ3n) is 2.29. The number of thiazole rings is 1. The molecule has 17 heavy (non-hydrogen) atoms. The Hall–Kier alpha value is -0.980. The van der Waals surface area contributed by atoms with Crippen molar-refractivity contribution in [3.63, 3.8) is 0 Å². The van der Waals surface area contributed by atoms with Gasteiger partial charge in [0, 0.05) is 19.0 Å². The number of carbonyl (C=O) groups excluding carboxylic acids is 1. The molecule has 0 radical (unpaired) electrons. The third-order valence-corrected chi connectivity index (χ3v) is 3.12. The van der Waals surface area contributed by atoms with Crippen LogP contribution in [0.3, 0.4) is 0 Å². The van der Waals surface area contributed by atoms with Crippen molar-refractivity contribution in [2.75, 3.05) is 13.7 Å². The number of methoxy groups -OCH3 is 1. The zero-order valence-corrected chi connectivity index (χ0v) is 11.1. The van der Waals surface area contributed by atoms with Crippen molar-refractivity contribution < 1.29 is 14.6 Å². The van der Waals surface area contributed by atoms with E-state index in [1.54, 1.807) is 12.5 Å². The Balaban J connectivity index is 2.46. The minimum atomic E-state index is -0.531. The Labute approximate surface area is 105 Å². The molecule has 1 aromatic rings. The Kier molecular flexibility index (Phi) is 5.54. The number of aromatic nitrogens is 1. The Bertz CT molecular complexity index is 365. The predicted octanol–water partition coefficient (Wildman–Crippen LogP) is 1.04. The number of amides is 1. The van der Waals surface area contributed by atoms with E-state index in [1.807, 2.05) is 13.8 Å². The molecule has 1 atom stereocenters. The van der Waals surface area contributed by atoms with Gasteiger partial charge in [-0.05, 0) is 5.92 Å². The van der Waals surface area contributed by atoms with Gasteiger partial charge in [-0.3, -0.25) is 4.79 Å². The van der Waals surface area contributed by atoms with Crippen LogP contribution in [0.5, 0.6) is 0 Å². The summed E-state index contributed by atoms with van der Waals surface area (Å²) in [5.41, 5.74) is 0.373. The summed E-state index contributed by atoms with van der Waals surface area (Å²) in [6.45, 7) is 4.45. The van der Waals surface area contributed by atoms with E-state index in [1.165, 1.54) is 11.3 Å². The van der Waals surface area contributed by atoms with Crippen molar-refractivity contribution in [2.24, 2.45) is 5.92 Å². The van der Waals surface area contributed by atoms with Crippen LogP contribution in [-0.4, -0.2) is 35.8 Å². The SMILES string of the molecule is COCc1nc(C(=O)NCC(O)C(C)C)cs1. The second-order valence-electron chi connectivity index (χ2n) is 4.08. The average molecular weight is 258 g/mol. The summed E-state index contributed by atoms with van der Waals surface area (Å²) >= 11 is 1.38. The van der Waals surface area contributed by atoms with Crippen LogP contribution in [0.25, 0.3) is 0 Å². The lowest BCUT2D eigenvalue weighted by Crippen LogP contribution is -2.34. The van der Waals surface area contributed by atoms with Crippen molar-refractivity contribution in [2.45, 2.75) is 26.6 Å². The molecule has 1 heterocycles. The van der Waals surface area contributed by atoms with Gasteiger partial charge in [-0.25, -0.2) is 4.98 Å². The molecule has 0 bridgehead atoms. The first-order valence-electron chi connectivity index (χ1n) is 5.44. The molecule has 0 aromatic carbocycles. The summed E-state index contributed by atoms with van der Waals surface area (Å²) in [4.78, 5) is 15.8. The van der Waals surface area contributed by atoms with Crippen molar-refractivity contribution >= 4 is 17.2 Å². The molecular formula is C11H18N2O3S. The second-order valence-corrected chi connectivity index (χ2v) is 5.02. The first-order valence-corrected chi connectivity index (χ1v) is 6.32. The van der Waals surface area contributed by atoms with E-state index in [0.717, 1.165) is 5.01 Å². The van der Waals surface area contributed by atoms with Crippen LogP contribution >= 0.6 is 11.3 Å². The molecule has 1 aromatic heterocycles. The number of nitrogens with zero attached hydrogens (tertiary/aromatic N) is 1. The lowest BCUT2D eigenvalue weighted by molar-refractivity contribution is 0.0867. The number of carbonyl (C=O) groups is 1. The highest BCUT2D eigenvalue weighted by atomic mass is 32.1. The maximum Gasteiger partial charge on any atom is 0.270 e. The monoisotopic (exact) mass is 258 g/mol. The lowest BCUT2D eigenvalue weighted by atomic mass is 10.1. The maximum absolute atomic E-state index is 11.7. The van der Waals surface area contributed by atoms with E-state index in [2.05, 4.69) is 10.3 Å². The van der Waals surface area contributed by atoms with Gasteiger partial charge in [-0.2, -0.15) is 0 Å². The van der Waals surface area contributed by atoms with Gasteiger partial charge in [0.25, 0.3) is 5.91 Å². The van der Waals surface area contributed by atoms with Crippen LogP contribution in [0.2, 0.25) is 0 Å². The summed E-state index contributed by atoms with van der Waals surface area (Å²) in [7, 11) is 1.58. The van der Waals surface area contributed by atoms with Gasteiger partial charge in [0.1, 0.15) is 10.7 Å². The Morgan fingerprint density at radius 1 is 1.65 bits per heavy atom. The van der Waals surface area contributed by atoms with Crippen LogP contribution < -0.4 is 5.32 Å². The molecule has 1 rings (SSSR count). The van der Waals surface area contributed by atoms with E-state index >= 15 is 0 Å². The molecule has 96 valence electrons. The summed E-state index contributed by atoms with van der Waals surface area (Å²) < 4.78 is 4.93. The van der Waals surface area contributed by atoms with E-state index in [-0.39, 0.29) is 18.4 Å². The molecule has 0 spiro atoms. The van der Waals surface area contributed by atoms with Crippen molar-refractivity contribution in [1.29, 1.82) is 0 Å². The number of aliphatic hydroxyl groups is 1. The third kappa shape index (κ3) is 4.41. The van der Waals surface area contributed by atoms with E-state index in [9.17, 15) is 9.90 Å². The molecule has 0 aliphatic carbocycles. The minimum absolute atomic E-state index is 0.120. The molecule has 0 saturated heterocycles. The molecule has 0 aliphatic rings. The molecule has 5 nitrogen and oxygen atoms in total. The van der Waals surface area contributed by atoms with E-state index in [4.69, 9.17) is 4.74 Å². The number of nitrogens with one attached hydrogen (secondary N) is 1. The van der Waals surface area contributed by atoms with Crippen LogP contribution in [-0.2, 0) is 11.3 Å². The molecule has 0 saturated carbocycles. The number of ether oxygens (including phenoxy) is 1. The van der Waals surface area contributed by atoms with Crippen LogP contribution in [0.4, 0.5) is 0 Å². The summed E-state index contributed by atoms with van der Waals surface area (Å²) in [5.74, 6) is -0.141. The Morgan fingerprint density at radius 3 is 2.94 bits per heavy atom. The maximum atomic E-state index is 11.7. The highest BCUT2D eigenvalue weighted by Gasteiger charge is 2.14. The minimum Gasteiger partial charge on any atom is -0.391 e. The molecular weight excluding hydrogens is 240 g/mol. The summed E-state index contributed by atoms with van der Waals surface area (Å²) in [6, 6.07) is 0. The normalized spacial score (nSPS) is 12.8. The van der Waals surface area contributed by atoms with Gasteiger partial charge in [0.2, 0.25) is 0 Å². The molecule has 0 aliphatic heterocycles. The molecule has 0 fully saturated rings. The highest BCUT2D eigenvalue weighted by Crippen LogP contribution is 2.10. The van der Waals surface area contributed by atoms with E-state index in [0.29, 0.717) is 12.3 Å². The smallest absolute Gasteiger partial charge is 0.270 e. The van der Waals surface area contributed by atoms with Gasteiger partial charge in [0.05, 0.1) is 12.7 Å². The van der Waals surface area contributed by atoms with Crippen molar-refractivity contribution in [1.82, 2.24) is 10.3 Å². The fourth-order valence-corrected chi connectivity index (χ4v) is 1.87. The average Bonchev–Trinajstić information content (AvgIpc) is 2.74. The first kappa shape index (κ1) is 14.1. The van der Waals surface area contributed by atoms with Crippen LogP contribution in [0.15, 0.2) is 5.38 Å². The second kappa shape index (κ2) is 6.68. The number of hydrogen-bond acceptors (Lipinski definition) is 5. The number of rotatable bonds is 6. The molecule has 1 unspecified atom stereocenters. The van der Waals surface area contributed by atoms with E-state index < -0.39 is 6.10 Å². The summed E-state index contributed by atoms with van der Waals surface area (Å²) in [5, 5.41) is 14.7. The zero-order valence-electron chi connectivity index (χ0n) is 10.3. The summed E-state index contributed by atoms with van der Waals surface area (Å²) in [6.07, 6.45) is -0.531. The van der Waals surface area contributed by atoms with Gasteiger partial charge in [0.15, 0.2) is 0 Å². The topological polar surface area (TPSA) is 71.5 Å². The zero-order chi connectivity index (χ0) is 12.8. The van der Waals surface area contributed by atoms with Crippen LogP contribution in [0.1, 0.15) is 29.3 Å². The predicted molar refractivity (Wildman–Crippen MR) is 66.0 cm³/mol. The quantitative estimate of drug-likeness (QED) is 0.799. The number of aliphatic hydroxyl groups excluding tert-OH is 1. The largest absolute Gasteiger partial charge is 0.391 e. The van der Waals surface area contributed by atoms with Crippen molar-refractivity contribution in [3.05, 3.63) is 16.1 Å². The van der Waals surface area contributed by atoms with Gasteiger partial charge in [-0.15, -0.1) is 11.3 Å². The van der Waals surface area contributed by atoms with Gasteiger partial charge < -0.3 is 15.2 Å². The molecule has 2 N–H and O–H groups in total. The highest BCUT2D eigenvalue weighted by molar-refractivity contribution is 7.09.